The number of carbonyl (C=O) groups is 1. The predicted octanol–water partition coefficient (Wildman–Crippen LogP) is 2.51. The lowest BCUT2D eigenvalue weighted by Gasteiger charge is -2.25. The maximum atomic E-state index is 11.5. The lowest BCUT2D eigenvalue weighted by atomic mass is 9.98. The molecule has 2 rings (SSSR count). The summed E-state index contributed by atoms with van der Waals surface area (Å²) in [6.45, 7) is 3.63. The summed E-state index contributed by atoms with van der Waals surface area (Å²) in [6, 6.07) is 0. The van der Waals surface area contributed by atoms with Crippen molar-refractivity contribution in [3.05, 3.63) is 16.4 Å². The standard InChI is InChI=1S/C11H15ClN2O2/c1-7-9(12)8(2)14(13-7)11(10(15)16)5-3-4-6-11/h3-6H2,1-2H3,(H,15,16). The third-order valence-electron chi connectivity index (χ3n) is 3.44. The van der Waals surface area contributed by atoms with E-state index < -0.39 is 11.5 Å². The molecule has 1 saturated carbocycles. The second-order valence-electron chi connectivity index (χ2n) is 4.44. The van der Waals surface area contributed by atoms with Crippen molar-refractivity contribution in [2.24, 2.45) is 0 Å². The average molecular weight is 243 g/mol. The van der Waals surface area contributed by atoms with Crippen LogP contribution < -0.4 is 0 Å². The van der Waals surface area contributed by atoms with E-state index >= 15 is 0 Å². The van der Waals surface area contributed by atoms with E-state index in [0.717, 1.165) is 18.5 Å². The molecule has 0 aromatic carbocycles. The molecule has 1 fully saturated rings. The Morgan fingerprint density at radius 2 is 2.00 bits per heavy atom. The molecule has 0 spiro atoms. The Morgan fingerprint density at radius 3 is 2.38 bits per heavy atom. The largest absolute Gasteiger partial charge is 0.479 e. The molecule has 88 valence electrons. The van der Waals surface area contributed by atoms with Gasteiger partial charge >= 0.3 is 5.97 Å². The minimum absolute atomic E-state index is 0.576. The molecular weight excluding hydrogens is 228 g/mol. The first-order valence-electron chi connectivity index (χ1n) is 5.44. The highest BCUT2D eigenvalue weighted by Gasteiger charge is 2.45. The van der Waals surface area contributed by atoms with Gasteiger partial charge in [-0.3, -0.25) is 4.68 Å². The molecule has 0 saturated heterocycles. The highest BCUT2D eigenvalue weighted by molar-refractivity contribution is 6.31. The molecule has 1 aromatic rings. The summed E-state index contributed by atoms with van der Waals surface area (Å²) < 4.78 is 1.61. The van der Waals surface area contributed by atoms with Crippen LogP contribution in [0.25, 0.3) is 0 Å². The fraction of sp³-hybridized carbons (Fsp3) is 0.636. The molecule has 0 amide bonds. The molecule has 1 heterocycles. The van der Waals surface area contributed by atoms with Crippen LogP contribution in [0.15, 0.2) is 0 Å². The van der Waals surface area contributed by atoms with E-state index in [-0.39, 0.29) is 0 Å². The molecule has 0 unspecified atom stereocenters. The summed E-state index contributed by atoms with van der Waals surface area (Å²) in [5, 5.41) is 14.3. The second kappa shape index (κ2) is 3.77. The number of hydrogen-bond donors (Lipinski definition) is 1. The number of aromatic nitrogens is 2. The Balaban J connectivity index is 2.56. The number of nitrogens with zero attached hydrogens (tertiary/aromatic N) is 2. The normalized spacial score (nSPS) is 18.9. The SMILES string of the molecule is Cc1nn(C2(C(=O)O)CCCC2)c(C)c1Cl. The molecule has 0 bridgehead atoms. The van der Waals surface area contributed by atoms with Crippen molar-refractivity contribution in [1.82, 2.24) is 9.78 Å². The van der Waals surface area contributed by atoms with Gasteiger partial charge in [0.1, 0.15) is 0 Å². The van der Waals surface area contributed by atoms with Gasteiger partial charge in [0.15, 0.2) is 5.54 Å². The first-order valence-corrected chi connectivity index (χ1v) is 5.82. The van der Waals surface area contributed by atoms with Crippen LogP contribution in [0.2, 0.25) is 5.02 Å². The molecule has 1 aliphatic rings. The van der Waals surface area contributed by atoms with Crippen LogP contribution in [0.4, 0.5) is 0 Å². The number of aliphatic carboxylic acids is 1. The van der Waals surface area contributed by atoms with Gasteiger partial charge in [-0.05, 0) is 26.7 Å². The van der Waals surface area contributed by atoms with Gasteiger partial charge in [-0.2, -0.15) is 5.10 Å². The monoisotopic (exact) mass is 242 g/mol. The fourth-order valence-corrected chi connectivity index (χ4v) is 2.63. The van der Waals surface area contributed by atoms with E-state index in [1.54, 1.807) is 11.6 Å². The van der Waals surface area contributed by atoms with E-state index in [4.69, 9.17) is 11.6 Å². The quantitative estimate of drug-likeness (QED) is 0.867. The smallest absolute Gasteiger partial charge is 0.331 e. The zero-order chi connectivity index (χ0) is 11.9. The maximum absolute atomic E-state index is 11.5. The molecule has 0 atom stereocenters. The minimum atomic E-state index is -0.873. The Bertz CT molecular complexity index is 433. The lowest BCUT2D eigenvalue weighted by molar-refractivity contribution is -0.148. The van der Waals surface area contributed by atoms with E-state index in [1.165, 1.54) is 0 Å². The Hall–Kier alpha value is -1.03. The molecular formula is C11H15ClN2O2. The van der Waals surface area contributed by atoms with Crippen molar-refractivity contribution >= 4 is 17.6 Å². The number of hydrogen-bond acceptors (Lipinski definition) is 2. The third-order valence-corrected chi connectivity index (χ3v) is 3.98. The van der Waals surface area contributed by atoms with Crippen molar-refractivity contribution in [3.8, 4) is 0 Å². The van der Waals surface area contributed by atoms with Gasteiger partial charge in [-0.15, -0.1) is 0 Å². The predicted molar refractivity (Wildman–Crippen MR) is 60.8 cm³/mol. The molecule has 0 radical (unpaired) electrons. The van der Waals surface area contributed by atoms with Gasteiger partial charge in [0.05, 0.1) is 16.4 Å². The van der Waals surface area contributed by atoms with E-state index in [9.17, 15) is 9.90 Å². The van der Waals surface area contributed by atoms with Crippen molar-refractivity contribution in [3.63, 3.8) is 0 Å². The molecule has 5 heteroatoms. The Kier molecular flexibility index (Phi) is 2.70. The van der Waals surface area contributed by atoms with Crippen molar-refractivity contribution in [2.45, 2.75) is 45.1 Å². The van der Waals surface area contributed by atoms with E-state index in [2.05, 4.69) is 5.10 Å². The van der Waals surface area contributed by atoms with Crippen LogP contribution in [0.5, 0.6) is 0 Å². The topological polar surface area (TPSA) is 55.1 Å². The zero-order valence-electron chi connectivity index (χ0n) is 9.46. The van der Waals surface area contributed by atoms with Gasteiger partial charge in [-0.1, -0.05) is 24.4 Å². The van der Waals surface area contributed by atoms with Crippen LogP contribution >= 0.6 is 11.6 Å². The number of rotatable bonds is 2. The second-order valence-corrected chi connectivity index (χ2v) is 4.82. The number of carboxylic acid groups (broad SMARTS) is 1. The molecule has 1 aliphatic carbocycles. The molecule has 0 aliphatic heterocycles. The van der Waals surface area contributed by atoms with Crippen molar-refractivity contribution in [1.29, 1.82) is 0 Å². The third kappa shape index (κ3) is 1.44. The number of aryl methyl sites for hydroxylation is 1. The number of carboxylic acids is 1. The van der Waals surface area contributed by atoms with Gasteiger partial charge in [0.25, 0.3) is 0 Å². The summed E-state index contributed by atoms with van der Waals surface area (Å²) in [7, 11) is 0. The summed E-state index contributed by atoms with van der Waals surface area (Å²) in [4.78, 5) is 11.5. The first-order chi connectivity index (χ1) is 7.49. The van der Waals surface area contributed by atoms with Crippen LogP contribution in [0.1, 0.15) is 37.1 Å². The summed E-state index contributed by atoms with van der Waals surface area (Å²) in [5.41, 5.74) is 0.581. The lowest BCUT2D eigenvalue weighted by Crippen LogP contribution is -2.40. The van der Waals surface area contributed by atoms with E-state index in [1.807, 2.05) is 6.92 Å². The first kappa shape index (κ1) is 11.5. The zero-order valence-corrected chi connectivity index (χ0v) is 10.2. The summed E-state index contributed by atoms with van der Waals surface area (Å²) in [6.07, 6.45) is 3.14. The average Bonchev–Trinajstić information content (AvgIpc) is 2.80. The molecule has 4 nitrogen and oxygen atoms in total. The van der Waals surface area contributed by atoms with Crippen LogP contribution in [0.3, 0.4) is 0 Å². The highest BCUT2D eigenvalue weighted by atomic mass is 35.5. The van der Waals surface area contributed by atoms with Gasteiger partial charge in [0, 0.05) is 0 Å². The number of halogens is 1. The summed E-state index contributed by atoms with van der Waals surface area (Å²) >= 11 is 6.07. The van der Waals surface area contributed by atoms with Crippen molar-refractivity contribution in [2.75, 3.05) is 0 Å². The van der Waals surface area contributed by atoms with Crippen molar-refractivity contribution < 1.29 is 9.90 Å². The van der Waals surface area contributed by atoms with Crippen LogP contribution in [0, 0.1) is 13.8 Å². The molecule has 16 heavy (non-hydrogen) atoms. The fourth-order valence-electron chi connectivity index (χ4n) is 2.52. The highest BCUT2D eigenvalue weighted by Crippen LogP contribution is 2.39. The van der Waals surface area contributed by atoms with Gasteiger partial charge in [0.2, 0.25) is 0 Å². The van der Waals surface area contributed by atoms with Crippen LogP contribution in [-0.4, -0.2) is 20.9 Å². The van der Waals surface area contributed by atoms with Gasteiger partial charge < -0.3 is 5.11 Å². The van der Waals surface area contributed by atoms with Gasteiger partial charge in [-0.25, -0.2) is 4.79 Å². The Morgan fingerprint density at radius 1 is 1.44 bits per heavy atom. The van der Waals surface area contributed by atoms with Crippen LogP contribution in [-0.2, 0) is 10.3 Å². The Labute approximate surface area is 99.2 Å². The molecule has 1 aromatic heterocycles. The van der Waals surface area contributed by atoms with E-state index in [0.29, 0.717) is 23.6 Å². The molecule has 1 N–H and O–H groups in total. The summed E-state index contributed by atoms with van der Waals surface area (Å²) in [5.74, 6) is -0.799. The minimum Gasteiger partial charge on any atom is -0.479 e. The maximum Gasteiger partial charge on any atom is 0.331 e.